The van der Waals surface area contributed by atoms with E-state index in [1.165, 1.54) is 0 Å². The molecule has 0 bridgehead atoms. The van der Waals surface area contributed by atoms with Crippen LogP contribution < -0.4 is 0 Å². The Morgan fingerprint density at radius 2 is 1.91 bits per heavy atom. The van der Waals surface area contributed by atoms with Crippen LogP contribution in [-0.2, 0) is 9.47 Å². The molecule has 0 aromatic heterocycles. The van der Waals surface area contributed by atoms with E-state index in [-0.39, 0.29) is 0 Å². The van der Waals surface area contributed by atoms with Gasteiger partial charge in [-0.15, -0.1) is 0 Å². The number of halogens is 4. The van der Waals surface area contributed by atoms with E-state index in [4.69, 9.17) is 0 Å². The highest BCUT2D eigenvalue weighted by Crippen LogP contribution is 2.22. The molecule has 0 fully saturated rings. The predicted octanol–water partition coefficient (Wildman–Crippen LogP) is 1.51. The molecular weight excluding hydrogens is 168 g/mol. The number of hydrogen-bond acceptors (Lipinski definition) is 2. The van der Waals surface area contributed by atoms with E-state index in [1.54, 1.807) is 0 Å². The van der Waals surface area contributed by atoms with E-state index in [9.17, 15) is 17.6 Å². The zero-order chi connectivity index (χ0) is 8.91. The average Bonchev–Trinajstić information content (AvgIpc) is 1.87. The second-order valence-corrected chi connectivity index (χ2v) is 1.75. The first-order valence-corrected chi connectivity index (χ1v) is 2.75. The molecule has 1 atom stereocenters. The molecule has 6 heteroatoms. The molecule has 1 unspecified atom stereocenters. The van der Waals surface area contributed by atoms with Gasteiger partial charge in [0.25, 0.3) is 0 Å². The molecule has 68 valence electrons. The number of ether oxygens (including phenoxy) is 2. The van der Waals surface area contributed by atoms with Gasteiger partial charge in [0.15, 0.2) is 13.0 Å². The van der Waals surface area contributed by atoms with Crippen LogP contribution in [0.4, 0.5) is 17.6 Å². The summed E-state index contributed by atoms with van der Waals surface area (Å²) in [6.07, 6.45) is -6.54. The van der Waals surface area contributed by atoms with Crippen LogP contribution in [0, 0.1) is 0 Å². The lowest BCUT2D eigenvalue weighted by Gasteiger charge is -2.17. The Labute approximate surface area is 61.1 Å². The van der Waals surface area contributed by atoms with Crippen molar-refractivity contribution in [2.24, 2.45) is 0 Å². The molecule has 0 heterocycles. The number of methoxy groups -OCH3 is 1. The Bertz CT molecular complexity index is 103. The molecule has 11 heavy (non-hydrogen) atoms. The summed E-state index contributed by atoms with van der Waals surface area (Å²) in [6, 6.07) is 0. The first-order valence-electron chi connectivity index (χ1n) is 2.75. The average molecular weight is 176 g/mol. The zero-order valence-electron chi connectivity index (χ0n) is 5.82. The monoisotopic (exact) mass is 176 g/mol. The molecule has 0 aliphatic carbocycles. The maximum atomic E-state index is 11.7. The second kappa shape index (κ2) is 4.50. The van der Waals surface area contributed by atoms with Gasteiger partial charge in [0.2, 0.25) is 0 Å². The first-order chi connectivity index (χ1) is 5.02. The van der Waals surface area contributed by atoms with Crippen molar-refractivity contribution in [2.75, 3.05) is 20.6 Å². The van der Waals surface area contributed by atoms with Crippen LogP contribution in [0.1, 0.15) is 0 Å². The van der Waals surface area contributed by atoms with Gasteiger partial charge in [0.05, 0.1) is 6.61 Å². The van der Waals surface area contributed by atoms with Gasteiger partial charge in [-0.05, 0) is 0 Å². The second-order valence-electron chi connectivity index (χ2n) is 1.75. The molecule has 0 aromatic carbocycles. The van der Waals surface area contributed by atoms with Crippen molar-refractivity contribution < 1.29 is 27.0 Å². The first kappa shape index (κ1) is 10.6. The SMILES string of the molecule is COC(COCF)C(F)(F)F. The van der Waals surface area contributed by atoms with E-state index in [0.29, 0.717) is 0 Å². The van der Waals surface area contributed by atoms with Crippen LogP contribution in [-0.4, -0.2) is 32.9 Å². The molecule has 0 aromatic rings. The number of hydrogen-bond donors (Lipinski definition) is 0. The topological polar surface area (TPSA) is 18.5 Å². The molecule has 0 N–H and O–H groups in total. The maximum Gasteiger partial charge on any atom is 0.416 e. The highest BCUT2D eigenvalue weighted by atomic mass is 19.4. The summed E-state index contributed by atoms with van der Waals surface area (Å²) < 4.78 is 54.3. The number of alkyl halides is 4. The molecule has 0 aliphatic rings. The quantitative estimate of drug-likeness (QED) is 0.604. The van der Waals surface area contributed by atoms with E-state index in [0.717, 1.165) is 7.11 Å². The summed E-state index contributed by atoms with van der Waals surface area (Å²) in [6.45, 7) is -2.05. The molecule has 0 spiro atoms. The molecule has 0 radical (unpaired) electrons. The lowest BCUT2D eigenvalue weighted by molar-refractivity contribution is -0.228. The fourth-order valence-electron chi connectivity index (χ4n) is 0.448. The van der Waals surface area contributed by atoms with Crippen molar-refractivity contribution in [1.29, 1.82) is 0 Å². The Hall–Kier alpha value is -0.360. The Morgan fingerprint density at radius 1 is 1.36 bits per heavy atom. The third-order valence-electron chi connectivity index (χ3n) is 0.996. The van der Waals surface area contributed by atoms with Crippen molar-refractivity contribution in [2.45, 2.75) is 12.3 Å². The van der Waals surface area contributed by atoms with Crippen LogP contribution in [0.2, 0.25) is 0 Å². The Morgan fingerprint density at radius 3 is 2.18 bits per heavy atom. The van der Waals surface area contributed by atoms with Crippen molar-refractivity contribution in [3.05, 3.63) is 0 Å². The standard InChI is InChI=1S/C5H8F4O2/c1-10-4(2-11-3-6)5(7,8)9/h4H,2-3H2,1H3. The summed E-state index contributed by atoms with van der Waals surface area (Å²) in [5.41, 5.74) is 0. The lowest BCUT2D eigenvalue weighted by atomic mass is 10.4. The maximum absolute atomic E-state index is 11.7. The highest BCUT2D eigenvalue weighted by molar-refractivity contribution is 4.65. The lowest BCUT2D eigenvalue weighted by Crippen LogP contribution is -2.34. The van der Waals surface area contributed by atoms with E-state index in [2.05, 4.69) is 9.47 Å². The van der Waals surface area contributed by atoms with Crippen molar-refractivity contribution in [3.8, 4) is 0 Å². The van der Waals surface area contributed by atoms with Crippen LogP contribution in [0.5, 0.6) is 0 Å². The predicted molar refractivity (Wildman–Crippen MR) is 28.8 cm³/mol. The smallest absolute Gasteiger partial charge is 0.370 e. The van der Waals surface area contributed by atoms with Crippen LogP contribution in [0.3, 0.4) is 0 Å². The van der Waals surface area contributed by atoms with Crippen LogP contribution in [0.15, 0.2) is 0 Å². The minimum atomic E-state index is -4.50. The summed E-state index contributed by atoms with van der Waals surface area (Å²) in [4.78, 5) is 0. The van der Waals surface area contributed by atoms with E-state index >= 15 is 0 Å². The molecule has 0 saturated heterocycles. The summed E-state index contributed by atoms with van der Waals surface area (Å²) in [7, 11) is 0.889. The Kier molecular flexibility index (Phi) is 4.36. The molecule has 0 aliphatic heterocycles. The van der Waals surface area contributed by atoms with Gasteiger partial charge >= 0.3 is 6.18 Å². The van der Waals surface area contributed by atoms with Crippen molar-refractivity contribution in [1.82, 2.24) is 0 Å². The Balaban J connectivity index is 3.76. The molecule has 0 rings (SSSR count). The number of rotatable bonds is 4. The van der Waals surface area contributed by atoms with Crippen LogP contribution >= 0.6 is 0 Å². The van der Waals surface area contributed by atoms with Crippen LogP contribution in [0.25, 0.3) is 0 Å². The van der Waals surface area contributed by atoms with Gasteiger partial charge in [-0.25, -0.2) is 4.39 Å². The van der Waals surface area contributed by atoms with Gasteiger partial charge in [-0.2, -0.15) is 13.2 Å². The third kappa shape index (κ3) is 4.15. The minimum absolute atomic E-state index is 0.809. The van der Waals surface area contributed by atoms with Gasteiger partial charge in [0, 0.05) is 7.11 Å². The third-order valence-corrected chi connectivity index (χ3v) is 0.996. The van der Waals surface area contributed by atoms with E-state index in [1.807, 2.05) is 0 Å². The van der Waals surface area contributed by atoms with E-state index < -0.39 is 25.7 Å². The fourth-order valence-corrected chi connectivity index (χ4v) is 0.448. The molecule has 2 nitrogen and oxygen atoms in total. The molecular formula is C5H8F4O2. The largest absolute Gasteiger partial charge is 0.416 e. The van der Waals surface area contributed by atoms with Gasteiger partial charge in [-0.1, -0.05) is 0 Å². The summed E-state index contributed by atoms with van der Waals surface area (Å²) in [5, 5.41) is 0. The van der Waals surface area contributed by atoms with Crippen molar-refractivity contribution in [3.63, 3.8) is 0 Å². The van der Waals surface area contributed by atoms with Gasteiger partial charge in [-0.3, -0.25) is 0 Å². The fraction of sp³-hybridized carbons (Fsp3) is 1.00. The zero-order valence-corrected chi connectivity index (χ0v) is 5.82. The van der Waals surface area contributed by atoms with Gasteiger partial charge in [0.1, 0.15) is 0 Å². The molecule has 0 saturated carbocycles. The minimum Gasteiger partial charge on any atom is -0.370 e. The van der Waals surface area contributed by atoms with Crippen molar-refractivity contribution >= 4 is 0 Å². The molecule has 0 amide bonds. The normalized spacial score (nSPS) is 15.0. The van der Waals surface area contributed by atoms with Gasteiger partial charge < -0.3 is 9.47 Å². The highest BCUT2D eigenvalue weighted by Gasteiger charge is 2.40. The summed E-state index contributed by atoms with van der Waals surface area (Å²) in [5.74, 6) is 0. The summed E-state index contributed by atoms with van der Waals surface area (Å²) >= 11 is 0.